The zero-order valence-corrected chi connectivity index (χ0v) is 14.1. The van der Waals surface area contributed by atoms with Crippen LogP contribution in [-0.2, 0) is 9.59 Å². The Kier molecular flexibility index (Phi) is 8.05. The molecule has 0 aliphatic heterocycles. The largest absolute Gasteiger partial charge is 0.481 e. The van der Waals surface area contributed by atoms with Gasteiger partial charge in [-0.2, -0.15) is 0 Å². The number of unbranched alkanes of at least 4 members (excludes halogenated alkanes) is 2. The van der Waals surface area contributed by atoms with Crippen LogP contribution in [-0.4, -0.2) is 34.2 Å². The van der Waals surface area contributed by atoms with Crippen LogP contribution in [0.4, 0.5) is 10.5 Å². The Bertz CT molecular complexity index is 606. The number of rotatable bonds is 9. The minimum Gasteiger partial charge on any atom is -0.481 e. The number of aliphatic carboxylic acids is 2. The molecular formula is C16H21ClN2O5. The van der Waals surface area contributed by atoms with Gasteiger partial charge in [0.15, 0.2) is 0 Å². The molecule has 0 aliphatic carbocycles. The van der Waals surface area contributed by atoms with Crippen LogP contribution in [0.15, 0.2) is 18.2 Å². The molecule has 2 amide bonds. The third kappa shape index (κ3) is 7.32. The first-order valence-corrected chi connectivity index (χ1v) is 7.95. The predicted molar refractivity (Wildman–Crippen MR) is 90.5 cm³/mol. The number of carboxylic acids is 2. The Morgan fingerprint density at radius 1 is 1.17 bits per heavy atom. The SMILES string of the molecule is Cc1ccc(NC(=O)NC(CCCCCC(=O)O)C(=O)O)cc1Cl. The fourth-order valence-electron chi connectivity index (χ4n) is 2.05. The highest BCUT2D eigenvalue weighted by atomic mass is 35.5. The molecule has 0 saturated carbocycles. The van der Waals surface area contributed by atoms with Gasteiger partial charge in [-0.15, -0.1) is 0 Å². The van der Waals surface area contributed by atoms with Crippen molar-refractivity contribution in [2.75, 3.05) is 5.32 Å². The number of aryl methyl sites for hydroxylation is 1. The smallest absolute Gasteiger partial charge is 0.326 e. The van der Waals surface area contributed by atoms with Crippen molar-refractivity contribution in [3.8, 4) is 0 Å². The molecule has 0 aromatic heterocycles. The van der Waals surface area contributed by atoms with Gasteiger partial charge in [-0.25, -0.2) is 9.59 Å². The molecule has 0 saturated heterocycles. The second-order valence-electron chi connectivity index (χ2n) is 5.45. The third-order valence-corrected chi connectivity index (χ3v) is 3.82. The summed E-state index contributed by atoms with van der Waals surface area (Å²) < 4.78 is 0. The summed E-state index contributed by atoms with van der Waals surface area (Å²) in [6, 6.07) is 3.33. The van der Waals surface area contributed by atoms with Gasteiger partial charge in [-0.3, -0.25) is 4.79 Å². The van der Waals surface area contributed by atoms with Gasteiger partial charge in [-0.05, 0) is 37.5 Å². The summed E-state index contributed by atoms with van der Waals surface area (Å²) in [5, 5.41) is 23.1. The summed E-state index contributed by atoms with van der Waals surface area (Å²) >= 11 is 5.97. The molecule has 1 atom stereocenters. The van der Waals surface area contributed by atoms with Gasteiger partial charge in [0.1, 0.15) is 6.04 Å². The topological polar surface area (TPSA) is 116 Å². The van der Waals surface area contributed by atoms with E-state index in [-0.39, 0.29) is 12.8 Å². The van der Waals surface area contributed by atoms with Crippen molar-refractivity contribution in [3.05, 3.63) is 28.8 Å². The minimum absolute atomic E-state index is 0.0554. The van der Waals surface area contributed by atoms with Gasteiger partial charge >= 0.3 is 18.0 Å². The number of benzene rings is 1. The van der Waals surface area contributed by atoms with E-state index in [1.165, 1.54) is 0 Å². The monoisotopic (exact) mass is 356 g/mol. The Morgan fingerprint density at radius 3 is 2.46 bits per heavy atom. The molecule has 0 radical (unpaired) electrons. The standard InChI is InChI=1S/C16H21ClN2O5/c1-10-7-8-11(9-12(10)17)18-16(24)19-13(15(22)23)5-3-2-4-6-14(20)21/h7-9,13H,2-6H2,1H3,(H,20,21)(H,22,23)(H2,18,19,24). The van der Waals surface area contributed by atoms with E-state index in [0.29, 0.717) is 30.0 Å². The van der Waals surface area contributed by atoms with Crippen LogP contribution in [0.1, 0.15) is 37.7 Å². The lowest BCUT2D eigenvalue weighted by atomic mass is 10.1. The maximum atomic E-state index is 11.9. The number of urea groups is 1. The number of hydrogen-bond donors (Lipinski definition) is 4. The van der Waals surface area contributed by atoms with Gasteiger partial charge in [0, 0.05) is 17.1 Å². The molecule has 132 valence electrons. The van der Waals surface area contributed by atoms with Gasteiger partial charge in [0.2, 0.25) is 0 Å². The Labute approximate surface area is 145 Å². The fourth-order valence-corrected chi connectivity index (χ4v) is 2.24. The highest BCUT2D eigenvalue weighted by Gasteiger charge is 2.19. The average Bonchev–Trinajstić information content (AvgIpc) is 2.49. The molecular weight excluding hydrogens is 336 g/mol. The van der Waals surface area contributed by atoms with E-state index in [4.69, 9.17) is 21.8 Å². The molecule has 24 heavy (non-hydrogen) atoms. The summed E-state index contributed by atoms with van der Waals surface area (Å²) in [7, 11) is 0. The summed E-state index contributed by atoms with van der Waals surface area (Å²) in [4.78, 5) is 33.5. The highest BCUT2D eigenvalue weighted by Crippen LogP contribution is 2.19. The van der Waals surface area contributed by atoms with Crippen LogP contribution in [0.2, 0.25) is 5.02 Å². The Morgan fingerprint density at radius 2 is 1.88 bits per heavy atom. The van der Waals surface area contributed by atoms with Gasteiger partial charge in [0.25, 0.3) is 0 Å². The number of carboxylic acid groups (broad SMARTS) is 2. The summed E-state index contributed by atoms with van der Waals surface area (Å²) in [5.41, 5.74) is 1.33. The van der Waals surface area contributed by atoms with Crippen molar-refractivity contribution in [3.63, 3.8) is 0 Å². The molecule has 1 aromatic rings. The minimum atomic E-state index is -1.13. The number of hydrogen-bond acceptors (Lipinski definition) is 3. The highest BCUT2D eigenvalue weighted by molar-refractivity contribution is 6.31. The van der Waals surface area contributed by atoms with Crippen LogP contribution < -0.4 is 10.6 Å². The van der Waals surface area contributed by atoms with Crippen LogP contribution >= 0.6 is 11.6 Å². The lowest BCUT2D eigenvalue weighted by Gasteiger charge is -2.15. The zero-order chi connectivity index (χ0) is 18.1. The van der Waals surface area contributed by atoms with E-state index in [2.05, 4.69) is 10.6 Å². The van der Waals surface area contributed by atoms with Crippen molar-refractivity contribution < 1.29 is 24.6 Å². The molecule has 8 heteroatoms. The number of anilines is 1. The predicted octanol–water partition coefficient (Wildman–Crippen LogP) is 3.26. The van der Waals surface area contributed by atoms with E-state index in [1.807, 2.05) is 6.92 Å². The van der Waals surface area contributed by atoms with Crippen molar-refractivity contribution in [2.45, 2.75) is 45.1 Å². The molecule has 1 rings (SSSR count). The van der Waals surface area contributed by atoms with Gasteiger partial charge in [0.05, 0.1) is 0 Å². The maximum Gasteiger partial charge on any atom is 0.326 e. The van der Waals surface area contributed by atoms with Crippen molar-refractivity contribution in [2.24, 2.45) is 0 Å². The number of halogens is 1. The van der Waals surface area contributed by atoms with Crippen molar-refractivity contribution in [1.82, 2.24) is 5.32 Å². The number of carbonyl (C=O) groups excluding carboxylic acids is 1. The van der Waals surface area contributed by atoms with Crippen molar-refractivity contribution in [1.29, 1.82) is 0 Å². The average molecular weight is 357 g/mol. The molecule has 0 aliphatic rings. The van der Waals surface area contributed by atoms with E-state index >= 15 is 0 Å². The Balaban J connectivity index is 2.46. The molecule has 1 unspecified atom stereocenters. The molecule has 0 fully saturated rings. The van der Waals surface area contributed by atoms with Crippen LogP contribution in [0.25, 0.3) is 0 Å². The van der Waals surface area contributed by atoms with E-state index in [1.54, 1.807) is 18.2 Å². The second-order valence-corrected chi connectivity index (χ2v) is 5.85. The number of nitrogens with one attached hydrogen (secondary N) is 2. The second kappa shape index (κ2) is 9.77. The fraction of sp³-hybridized carbons (Fsp3) is 0.438. The summed E-state index contributed by atoms with van der Waals surface area (Å²) in [6.45, 7) is 1.83. The molecule has 0 heterocycles. The normalized spacial score (nSPS) is 11.6. The number of carbonyl (C=O) groups is 3. The van der Waals surface area contributed by atoms with Crippen LogP contribution in [0.3, 0.4) is 0 Å². The molecule has 1 aromatic carbocycles. The third-order valence-electron chi connectivity index (χ3n) is 3.42. The molecule has 7 nitrogen and oxygen atoms in total. The van der Waals surface area contributed by atoms with E-state index in [0.717, 1.165) is 5.56 Å². The molecule has 0 bridgehead atoms. The quantitative estimate of drug-likeness (QED) is 0.507. The summed E-state index contributed by atoms with van der Waals surface area (Å²) in [5.74, 6) is -2.01. The first-order valence-electron chi connectivity index (χ1n) is 7.58. The first-order chi connectivity index (χ1) is 11.3. The van der Waals surface area contributed by atoms with E-state index < -0.39 is 24.0 Å². The molecule has 0 spiro atoms. The lowest BCUT2D eigenvalue weighted by Crippen LogP contribution is -2.43. The molecule has 4 N–H and O–H groups in total. The number of amides is 2. The Hall–Kier alpha value is -2.28. The lowest BCUT2D eigenvalue weighted by molar-refractivity contribution is -0.139. The van der Waals surface area contributed by atoms with Crippen LogP contribution in [0.5, 0.6) is 0 Å². The first kappa shape index (κ1) is 19.8. The zero-order valence-electron chi connectivity index (χ0n) is 13.3. The van der Waals surface area contributed by atoms with Gasteiger partial charge in [-0.1, -0.05) is 30.5 Å². The maximum absolute atomic E-state index is 11.9. The van der Waals surface area contributed by atoms with Gasteiger partial charge < -0.3 is 20.8 Å². The van der Waals surface area contributed by atoms with E-state index in [9.17, 15) is 14.4 Å². The summed E-state index contributed by atoms with van der Waals surface area (Å²) in [6.07, 6.45) is 1.88. The van der Waals surface area contributed by atoms with Crippen molar-refractivity contribution >= 4 is 35.3 Å². The van der Waals surface area contributed by atoms with Crippen LogP contribution in [0, 0.1) is 6.92 Å².